The van der Waals surface area contributed by atoms with Crippen LogP contribution in [0.4, 0.5) is 0 Å². The first-order valence-electron chi connectivity index (χ1n) is 8.56. The Hall–Kier alpha value is -4.01. The van der Waals surface area contributed by atoms with Gasteiger partial charge in [-0.15, -0.1) is 0 Å². The van der Waals surface area contributed by atoms with E-state index in [9.17, 15) is 19.2 Å². The molecule has 2 amide bonds. The molecule has 0 spiro atoms. The van der Waals surface area contributed by atoms with Gasteiger partial charge in [0.2, 0.25) is 0 Å². The fourth-order valence-corrected chi connectivity index (χ4v) is 2.61. The standard InChI is InChI=1S/C20H17N3O6/c1-28-16-9-5-3-7-14(16)19(26)22-17(24)11-29-18(25)10-23-12-21-15-8-4-2-6-13(15)20(23)27/h2-9,12H,10-11H2,1H3,(H,22,24,26). The number of methoxy groups -OCH3 is 1. The van der Waals surface area contributed by atoms with Crippen LogP contribution in [0.15, 0.2) is 59.7 Å². The largest absolute Gasteiger partial charge is 0.496 e. The Morgan fingerprint density at radius 3 is 2.59 bits per heavy atom. The van der Waals surface area contributed by atoms with Crippen molar-refractivity contribution in [2.75, 3.05) is 13.7 Å². The zero-order valence-electron chi connectivity index (χ0n) is 15.5. The van der Waals surface area contributed by atoms with Crippen LogP contribution >= 0.6 is 0 Å². The van der Waals surface area contributed by atoms with Crippen molar-refractivity contribution >= 4 is 28.7 Å². The third-order valence-electron chi connectivity index (χ3n) is 4.00. The van der Waals surface area contributed by atoms with Crippen molar-refractivity contribution in [3.63, 3.8) is 0 Å². The molecule has 9 nitrogen and oxygen atoms in total. The summed E-state index contributed by atoms with van der Waals surface area (Å²) in [7, 11) is 1.40. The van der Waals surface area contributed by atoms with E-state index in [1.54, 1.807) is 42.5 Å². The minimum absolute atomic E-state index is 0.170. The Morgan fingerprint density at radius 2 is 1.79 bits per heavy atom. The lowest BCUT2D eigenvalue weighted by molar-refractivity contribution is -0.148. The maximum atomic E-state index is 12.3. The number of aromatic nitrogens is 2. The van der Waals surface area contributed by atoms with E-state index in [0.717, 1.165) is 4.57 Å². The summed E-state index contributed by atoms with van der Waals surface area (Å²) in [6, 6.07) is 13.1. The highest BCUT2D eigenvalue weighted by molar-refractivity contribution is 6.06. The Kier molecular flexibility index (Phi) is 5.98. The predicted molar refractivity (Wildman–Crippen MR) is 102 cm³/mol. The van der Waals surface area contributed by atoms with E-state index in [-0.39, 0.29) is 5.56 Å². The molecule has 0 saturated carbocycles. The summed E-state index contributed by atoms with van der Waals surface area (Å²) < 4.78 is 11.0. The van der Waals surface area contributed by atoms with Gasteiger partial charge in [-0.25, -0.2) is 4.98 Å². The molecule has 0 fully saturated rings. The van der Waals surface area contributed by atoms with Crippen LogP contribution in [0, 0.1) is 0 Å². The van der Waals surface area contributed by atoms with Crippen LogP contribution in [-0.2, 0) is 20.9 Å². The Labute approximate surface area is 164 Å². The maximum Gasteiger partial charge on any atom is 0.326 e. The molecule has 3 rings (SSSR count). The number of hydrogen-bond donors (Lipinski definition) is 1. The van der Waals surface area contributed by atoms with E-state index in [1.807, 2.05) is 0 Å². The number of carbonyl (C=O) groups excluding carboxylic acids is 3. The number of benzene rings is 2. The van der Waals surface area contributed by atoms with Crippen molar-refractivity contribution in [2.24, 2.45) is 0 Å². The van der Waals surface area contributed by atoms with E-state index in [4.69, 9.17) is 9.47 Å². The smallest absolute Gasteiger partial charge is 0.326 e. The van der Waals surface area contributed by atoms with Gasteiger partial charge in [-0.05, 0) is 24.3 Å². The minimum Gasteiger partial charge on any atom is -0.496 e. The van der Waals surface area contributed by atoms with Crippen LogP contribution in [0.2, 0.25) is 0 Å². The predicted octanol–water partition coefficient (Wildman–Crippen LogP) is 0.905. The van der Waals surface area contributed by atoms with Gasteiger partial charge in [-0.3, -0.25) is 29.1 Å². The van der Waals surface area contributed by atoms with Crippen LogP contribution < -0.4 is 15.6 Å². The van der Waals surface area contributed by atoms with Gasteiger partial charge >= 0.3 is 5.97 Å². The molecular formula is C20H17N3O6. The molecule has 0 aliphatic rings. The molecule has 9 heteroatoms. The van der Waals surface area contributed by atoms with E-state index < -0.39 is 36.5 Å². The van der Waals surface area contributed by atoms with Crippen LogP contribution in [0.5, 0.6) is 5.75 Å². The van der Waals surface area contributed by atoms with Crippen molar-refractivity contribution < 1.29 is 23.9 Å². The number of nitrogens with zero attached hydrogens (tertiary/aromatic N) is 2. The van der Waals surface area contributed by atoms with Gasteiger partial charge in [0.25, 0.3) is 17.4 Å². The number of rotatable bonds is 6. The van der Waals surface area contributed by atoms with Crippen molar-refractivity contribution in [1.29, 1.82) is 0 Å². The van der Waals surface area contributed by atoms with Gasteiger partial charge in [0.05, 0.1) is 29.9 Å². The highest BCUT2D eigenvalue weighted by Crippen LogP contribution is 2.16. The van der Waals surface area contributed by atoms with Crippen molar-refractivity contribution in [3.05, 3.63) is 70.8 Å². The lowest BCUT2D eigenvalue weighted by atomic mass is 10.2. The summed E-state index contributed by atoms with van der Waals surface area (Å²) in [5.74, 6) is -2.00. The minimum atomic E-state index is -0.816. The molecule has 0 atom stereocenters. The summed E-state index contributed by atoms with van der Waals surface area (Å²) in [6.07, 6.45) is 1.23. The quantitative estimate of drug-likeness (QED) is 0.617. The Bertz CT molecular complexity index is 1140. The molecule has 0 unspecified atom stereocenters. The molecule has 148 valence electrons. The van der Waals surface area contributed by atoms with Crippen molar-refractivity contribution in [2.45, 2.75) is 6.54 Å². The number of fused-ring (bicyclic) bond motifs is 1. The third kappa shape index (κ3) is 4.64. The Morgan fingerprint density at radius 1 is 1.07 bits per heavy atom. The molecule has 0 aliphatic heterocycles. The number of ether oxygens (including phenoxy) is 2. The van der Waals surface area contributed by atoms with Crippen molar-refractivity contribution in [3.8, 4) is 5.75 Å². The molecule has 0 bridgehead atoms. The number of esters is 1. The van der Waals surface area contributed by atoms with E-state index in [0.29, 0.717) is 16.7 Å². The first kappa shape index (κ1) is 19.7. The summed E-state index contributed by atoms with van der Waals surface area (Å²) in [5.41, 5.74) is 0.281. The number of para-hydroxylation sites is 2. The average Bonchev–Trinajstić information content (AvgIpc) is 2.74. The summed E-state index contributed by atoms with van der Waals surface area (Å²) in [6.45, 7) is -1.08. The summed E-state index contributed by atoms with van der Waals surface area (Å²) >= 11 is 0. The second-order valence-corrected chi connectivity index (χ2v) is 5.93. The molecule has 2 aromatic carbocycles. The van der Waals surface area contributed by atoms with Gasteiger partial charge in [0.1, 0.15) is 12.3 Å². The number of hydrogen-bond acceptors (Lipinski definition) is 7. The highest BCUT2D eigenvalue weighted by Gasteiger charge is 2.16. The molecule has 1 heterocycles. The molecule has 1 aromatic heterocycles. The Balaban J connectivity index is 1.57. The fourth-order valence-electron chi connectivity index (χ4n) is 2.61. The molecule has 0 saturated heterocycles. The number of nitrogens with one attached hydrogen (secondary N) is 1. The second kappa shape index (κ2) is 8.79. The van der Waals surface area contributed by atoms with E-state index in [1.165, 1.54) is 19.5 Å². The summed E-state index contributed by atoms with van der Waals surface area (Å²) in [5, 5.41) is 2.47. The molecule has 1 N–H and O–H groups in total. The van der Waals surface area contributed by atoms with E-state index >= 15 is 0 Å². The highest BCUT2D eigenvalue weighted by atomic mass is 16.5. The third-order valence-corrected chi connectivity index (χ3v) is 4.00. The monoisotopic (exact) mass is 395 g/mol. The van der Waals surface area contributed by atoms with Gasteiger partial charge in [-0.2, -0.15) is 0 Å². The summed E-state index contributed by atoms with van der Waals surface area (Å²) in [4.78, 5) is 52.4. The van der Waals surface area contributed by atoms with Crippen LogP contribution in [0.25, 0.3) is 10.9 Å². The molecular weight excluding hydrogens is 378 g/mol. The van der Waals surface area contributed by atoms with Crippen LogP contribution in [-0.4, -0.2) is 41.1 Å². The number of carbonyl (C=O) groups is 3. The zero-order chi connectivity index (χ0) is 20.8. The molecule has 0 aliphatic carbocycles. The molecule has 0 radical (unpaired) electrons. The number of imide groups is 1. The fraction of sp³-hybridized carbons (Fsp3) is 0.150. The average molecular weight is 395 g/mol. The first-order chi connectivity index (χ1) is 14.0. The van der Waals surface area contributed by atoms with Gasteiger partial charge in [0.15, 0.2) is 6.61 Å². The van der Waals surface area contributed by atoms with Gasteiger partial charge in [0, 0.05) is 0 Å². The zero-order valence-corrected chi connectivity index (χ0v) is 15.5. The lowest BCUT2D eigenvalue weighted by Crippen LogP contribution is -2.35. The van der Waals surface area contributed by atoms with E-state index in [2.05, 4.69) is 10.3 Å². The molecule has 3 aromatic rings. The maximum absolute atomic E-state index is 12.3. The van der Waals surface area contributed by atoms with Gasteiger partial charge in [-0.1, -0.05) is 24.3 Å². The van der Waals surface area contributed by atoms with Crippen molar-refractivity contribution in [1.82, 2.24) is 14.9 Å². The van der Waals surface area contributed by atoms with Crippen LogP contribution in [0.1, 0.15) is 10.4 Å². The van der Waals surface area contributed by atoms with Crippen LogP contribution in [0.3, 0.4) is 0 Å². The number of amides is 2. The SMILES string of the molecule is COc1ccccc1C(=O)NC(=O)COC(=O)Cn1cnc2ccccc2c1=O. The second-order valence-electron chi connectivity index (χ2n) is 5.93. The first-order valence-corrected chi connectivity index (χ1v) is 8.56. The lowest BCUT2D eigenvalue weighted by Gasteiger charge is -2.09. The normalized spacial score (nSPS) is 10.4. The molecule has 29 heavy (non-hydrogen) atoms. The van der Waals surface area contributed by atoms with Gasteiger partial charge < -0.3 is 9.47 Å². The topological polar surface area (TPSA) is 117 Å².